The summed E-state index contributed by atoms with van der Waals surface area (Å²) < 4.78 is 0. The second-order valence-electron chi connectivity index (χ2n) is 5.65. The second kappa shape index (κ2) is 6.52. The minimum absolute atomic E-state index is 0.597. The highest BCUT2D eigenvalue weighted by Crippen LogP contribution is 2.35. The van der Waals surface area contributed by atoms with Crippen LogP contribution in [0.2, 0.25) is 0 Å². The van der Waals surface area contributed by atoms with Gasteiger partial charge >= 0.3 is 0 Å². The summed E-state index contributed by atoms with van der Waals surface area (Å²) in [7, 11) is 0. The van der Waals surface area contributed by atoms with E-state index < -0.39 is 0 Å². The predicted octanol–water partition coefficient (Wildman–Crippen LogP) is 4.13. The highest BCUT2D eigenvalue weighted by molar-refractivity contribution is 4.82. The van der Waals surface area contributed by atoms with E-state index in [0.29, 0.717) is 5.41 Å². The van der Waals surface area contributed by atoms with Gasteiger partial charge in [0.2, 0.25) is 0 Å². The Morgan fingerprint density at radius 1 is 1.13 bits per heavy atom. The SMILES string of the molecule is CCCC(CC)NCC1(C)CCCCC1. The topological polar surface area (TPSA) is 12.0 Å². The van der Waals surface area contributed by atoms with Gasteiger partial charge in [-0.25, -0.2) is 0 Å². The molecule has 1 fully saturated rings. The van der Waals surface area contributed by atoms with Crippen LogP contribution < -0.4 is 5.32 Å². The standard InChI is InChI=1S/C14H29N/c1-4-9-13(5-2)15-12-14(3)10-7-6-8-11-14/h13,15H,4-12H2,1-3H3. The summed E-state index contributed by atoms with van der Waals surface area (Å²) in [6.45, 7) is 8.30. The van der Waals surface area contributed by atoms with Crippen molar-refractivity contribution in [1.29, 1.82) is 0 Å². The molecule has 1 unspecified atom stereocenters. The summed E-state index contributed by atoms with van der Waals surface area (Å²) >= 11 is 0. The summed E-state index contributed by atoms with van der Waals surface area (Å²) in [6.07, 6.45) is 11.1. The van der Waals surface area contributed by atoms with Gasteiger partial charge in [0, 0.05) is 12.6 Å². The van der Waals surface area contributed by atoms with Crippen molar-refractivity contribution in [3.63, 3.8) is 0 Å². The van der Waals surface area contributed by atoms with Gasteiger partial charge in [-0.15, -0.1) is 0 Å². The van der Waals surface area contributed by atoms with Crippen LogP contribution in [0.3, 0.4) is 0 Å². The number of rotatable bonds is 6. The monoisotopic (exact) mass is 211 g/mol. The van der Waals surface area contributed by atoms with Crippen LogP contribution in [0.5, 0.6) is 0 Å². The van der Waals surface area contributed by atoms with Crippen LogP contribution in [0.15, 0.2) is 0 Å². The number of nitrogens with one attached hydrogen (secondary N) is 1. The predicted molar refractivity (Wildman–Crippen MR) is 68.2 cm³/mol. The van der Waals surface area contributed by atoms with E-state index in [4.69, 9.17) is 0 Å². The molecule has 1 nitrogen and oxygen atoms in total. The Morgan fingerprint density at radius 2 is 1.80 bits per heavy atom. The van der Waals surface area contributed by atoms with Crippen molar-refractivity contribution in [3.05, 3.63) is 0 Å². The molecule has 0 aromatic rings. The molecule has 90 valence electrons. The smallest absolute Gasteiger partial charge is 0.00645 e. The fourth-order valence-corrected chi connectivity index (χ4v) is 2.77. The van der Waals surface area contributed by atoms with Crippen molar-refractivity contribution in [2.75, 3.05) is 6.54 Å². The van der Waals surface area contributed by atoms with Crippen molar-refractivity contribution >= 4 is 0 Å². The highest BCUT2D eigenvalue weighted by Gasteiger charge is 2.26. The molecule has 1 atom stereocenters. The second-order valence-corrected chi connectivity index (χ2v) is 5.65. The molecule has 0 bridgehead atoms. The van der Waals surface area contributed by atoms with Gasteiger partial charge in [-0.1, -0.05) is 46.5 Å². The van der Waals surface area contributed by atoms with E-state index in [1.807, 2.05) is 0 Å². The highest BCUT2D eigenvalue weighted by atomic mass is 14.9. The molecule has 1 rings (SSSR count). The van der Waals surface area contributed by atoms with E-state index in [0.717, 1.165) is 6.04 Å². The van der Waals surface area contributed by atoms with Gasteiger partial charge in [-0.05, 0) is 31.1 Å². The van der Waals surface area contributed by atoms with Crippen LogP contribution in [0.1, 0.15) is 72.1 Å². The molecule has 1 aliphatic carbocycles. The molecule has 0 spiro atoms. The molecule has 15 heavy (non-hydrogen) atoms. The first-order valence-electron chi connectivity index (χ1n) is 6.93. The number of hydrogen-bond acceptors (Lipinski definition) is 1. The Morgan fingerprint density at radius 3 is 2.33 bits per heavy atom. The average Bonchev–Trinajstić information content (AvgIpc) is 2.25. The van der Waals surface area contributed by atoms with Crippen molar-refractivity contribution in [3.8, 4) is 0 Å². The van der Waals surface area contributed by atoms with E-state index in [9.17, 15) is 0 Å². The molecule has 0 aromatic heterocycles. The van der Waals surface area contributed by atoms with Crippen molar-refractivity contribution < 1.29 is 0 Å². The molecule has 1 saturated carbocycles. The van der Waals surface area contributed by atoms with Crippen LogP contribution in [0, 0.1) is 5.41 Å². The van der Waals surface area contributed by atoms with E-state index in [-0.39, 0.29) is 0 Å². The van der Waals surface area contributed by atoms with Gasteiger partial charge in [-0.2, -0.15) is 0 Å². The molecule has 0 aromatic carbocycles. The van der Waals surface area contributed by atoms with Crippen LogP contribution in [0.25, 0.3) is 0 Å². The maximum atomic E-state index is 3.78. The quantitative estimate of drug-likeness (QED) is 0.696. The fourth-order valence-electron chi connectivity index (χ4n) is 2.77. The Hall–Kier alpha value is -0.0400. The minimum atomic E-state index is 0.597. The van der Waals surface area contributed by atoms with Crippen molar-refractivity contribution in [2.45, 2.75) is 78.2 Å². The summed E-state index contributed by atoms with van der Waals surface area (Å²) in [4.78, 5) is 0. The van der Waals surface area contributed by atoms with Gasteiger partial charge in [0.25, 0.3) is 0 Å². The van der Waals surface area contributed by atoms with Gasteiger partial charge in [0.1, 0.15) is 0 Å². The maximum absolute atomic E-state index is 3.78. The Balaban J connectivity index is 2.26. The molecular weight excluding hydrogens is 182 g/mol. The van der Waals surface area contributed by atoms with Crippen molar-refractivity contribution in [1.82, 2.24) is 5.32 Å². The molecule has 0 aliphatic heterocycles. The maximum Gasteiger partial charge on any atom is 0.00645 e. The summed E-state index contributed by atoms with van der Waals surface area (Å²) in [6, 6.07) is 0.758. The third-order valence-electron chi connectivity index (χ3n) is 4.01. The molecule has 0 radical (unpaired) electrons. The summed E-state index contributed by atoms with van der Waals surface area (Å²) in [5, 5.41) is 3.78. The van der Waals surface area contributed by atoms with Crippen LogP contribution in [-0.2, 0) is 0 Å². The fraction of sp³-hybridized carbons (Fsp3) is 1.00. The first-order chi connectivity index (χ1) is 7.20. The molecule has 0 saturated heterocycles. The van der Waals surface area contributed by atoms with Crippen LogP contribution in [-0.4, -0.2) is 12.6 Å². The minimum Gasteiger partial charge on any atom is -0.313 e. The number of hydrogen-bond donors (Lipinski definition) is 1. The van der Waals surface area contributed by atoms with Gasteiger partial charge in [0.05, 0.1) is 0 Å². The lowest BCUT2D eigenvalue weighted by atomic mass is 9.75. The lowest BCUT2D eigenvalue weighted by Crippen LogP contribution is -2.39. The Kier molecular flexibility index (Phi) is 5.66. The van der Waals surface area contributed by atoms with Gasteiger partial charge in [-0.3, -0.25) is 0 Å². The zero-order chi connectivity index (χ0) is 11.1. The van der Waals surface area contributed by atoms with Crippen molar-refractivity contribution in [2.24, 2.45) is 5.41 Å². The summed E-state index contributed by atoms with van der Waals surface area (Å²) in [5.74, 6) is 0. The molecule has 1 heteroatoms. The van der Waals surface area contributed by atoms with Gasteiger partial charge in [0.15, 0.2) is 0 Å². The Labute approximate surface area is 96.0 Å². The first kappa shape index (κ1) is 13.0. The van der Waals surface area contributed by atoms with E-state index in [1.54, 1.807) is 0 Å². The average molecular weight is 211 g/mol. The third-order valence-corrected chi connectivity index (χ3v) is 4.01. The summed E-state index contributed by atoms with van der Waals surface area (Å²) in [5.41, 5.74) is 0.597. The lowest BCUT2D eigenvalue weighted by Gasteiger charge is -2.35. The molecule has 0 amide bonds. The van der Waals surface area contributed by atoms with Crippen LogP contribution >= 0.6 is 0 Å². The first-order valence-corrected chi connectivity index (χ1v) is 6.93. The third kappa shape index (κ3) is 4.55. The Bertz CT molecular complexity index is 159. The van der Waals surface area contributed by atoms with Crippen LogP contribution in [0.4, 0.5) is 0 Å². The molecule has 1 N–H and O–H groups in total. The van der Waals surface area contributed by atoms with Gasteiger partial charge < -0.3 is 5.32 Å². The van der Waals surface area contributed by atoms with E-state index in [2.05, 4.69) is 26.1 Å². The largest absolute Gasteiger partial charge is 0.313 e. The molecular formula is C14H29N. The molecule has 1 aliphatic rings. The zero-order valence-corrected chi connectivity index (χ0v) is 10.9. The van der Waals surface area contributed by atoms with E-state index >= 15 is 0 Å². The lowest BCUT2D eigenvalue weighted by molar-refractivity contribution is 0.197. The molecule has 0 heterocycles. The zero-order valence-electron chi connectivity index (χ0n) is 10.9. The normalized spacial score (nSPS) is 22.6. The van der Waals surface area contributed by atoms with E-state index in [1.165, 1.54) is 57.9 Å².